The lowest BCUT2D eigenvalue weighted by molar-refractivity contribution is -0.212. The summed E-state index contributed by atoms with van der Waals surface area (Å²) < 4.78 is 42.6. The molecule has 1 aliphatic heterocycles. The minimum absolute atomic E-state index is 0.0360. The Bertz CT molecular complexity index is 608. The average Bonchev–Trinajstić information content (AvgIpc) is 2.87. The Balaban J connectivity index is 1.96. The van der Waals surface area contributed by atoms with E-state index in [4.69, 9.17) is 4.74 Å². The lowest BCUT2D eigenvalue weighted by atomic mass is 10.1. The molecule has 2 aromatic heterocycles. The molecule has 0 aliphatic carbocycles. The minimum Gasteiger partial charge on any atom is -0.474 e. The molecule has 0 amide bonds. The summed E-state index contributed by atoms with van der Waals surface area (Å²) in [6.07, 6.45) is -0.974. The maximum atomic E-state index is 12.4. The molecule has 1 aliphatic rings. The van der Waals surface area contributed by atoms with Crippen molar-refractivity contribution in [2.75, 3.05) is 18.5 Å². The molecule has 0 unspecified atom stereocenters. The number of hydrogen-bond donors (Lipinski definition) is 1. The lowest BCUT2D eigenvalue weighted by Gasteiger charge is -2.18. The zero-order chi connectivity index (χ0) is 13.5. The van der Waals surface area contributed by atoms with Gasteiger partial charge in [0.2, 0.25) is 5.88 Å². The molecule has 0 aromatic carbocycles. The Morgan fingerprint density at radius 1 is 1.26 bits per heavy atom. The molecule has 0 saturated carbocycles. The van der Waals surface area contributed by atoms with E-state index in [0.29, 0.717) is 35.8 Å². The molecule has 0 saturated heterocycles. The number of rotatable bonds is 1. The van der Waals surface area contributed by atoms with Crippen molar-refractivity contribution in [3.8, 4) is 17.0 Å². The summed E-state index contributed by atoms with van der Waals surface area (Å²) in [5.41, 5.74) is 1.57. The van der Waals surface area contributed by atoms with Gasteiger partial charge in [0.25, 0.3) is 0 Å². The number of pyridine rings is 1. The van der Waals surface area contributed by atoms with Crippen LogP contribution in [0.3, 0.4) is 0 Å². The van der Waals surface area contributed by atoms with Crippen molar-refractivity contribution in [2.24, 2.45) is 0 Å². The SMILES string of the molecule is FC(F)(F)n1cc(-c2cnc3c(c2)NCCO3)cn1. The Morgan fingerprint density at radius 2 is 2.11 bits per heavy atom. The van der Waals surface area contributed by atoms with Crippen LogP contribution in [0, 0.1) is 0 Å². The van der Waals surface area contributed by atoms with Crippen molar-refractivity contribution >= 4 is 5.69 Å². The Morgan fingerprint density at radius 3 is 2.84 bits per heavy atom. The highest BCUT2D eigenvalue weighted by Crippen LogP contribution is 2.31. The molecule has 0 fully saturated rings. The monoisotopic (exact) mass is 270 g/mol. The number of hydrogen-bond acceptors (Lipinski definition) is 4. The summed E-state index contributed by atoms with van der Waals surface area (Å²) in [6.45, 7) is 1.16. The van der Waals surface area contributed by atoms with Gasteiger partial charge in [0.15, 0.2) is 0 Å². The first-order chi connectivity index (χ1) is 9.04. The molecular formula is C11H9F3N4O. The summed E-state index contributed by atoms with van der Waals surface area (Å²) in [5.74, 6) is 0.457. The largest absolute Gasteiger partial charge is 0.504 e. The summed E-state index contributed by atoms with van der Waals surface area (Å²) in [6, 6.07) is 1.69. The number of fused-ring (bicyclic) bond motifs is 1. The molecule has 8 heteroatoms. The van der Waals surface area contributed by atoms with Crippen molar-refractivity contribution in [3.05, 3.63) is 24.7 Å². The van der Waals surface area contributed by atoms with Crippen molar-refractivity contribution in [1.29, 1.82) is 0 Å². The number of alkyl halides is 3. The van der Waals surface area contributed by atoms with Crippen molar-refractivity contribution in [3.63, 3.8) is 0 Å². The standard InChI is InChI=1S/C11H9F3N4O/c12-11(13,14)18-6-8(5-17-18)7-3-9-10(16-4-7)19-2-1-15-9/h3-6,15H,1-2H2. The van der Waals surface area contributed by atoms with E-state index in [2.05, 4.69) is 15.4 Å². The molecule has 3 rings (SSSR count). The van der Waals surface area contributed by atoms with Gasteiger partial charge in [0.05, 0.1) is 11.9 Å². The predicted molar refractivity (Wildman–Crippen MR) is 60.7 cm³/mol. The Hall–Kier alpha value is -2.25. The van der Waals surface area contributed by atoms with Crippen molar-refractivity contribution < 1.29 is 17.9 Å². The average molecular weight is 270 g/mol. The van der Waals surface area contributed by atoms with Crippen LogP contribution >= 0.6 is 0 Å². The second-order valence-corrected chi connectivity index (χ2v) is 3.99. The molecular weight excluding hydrogens is 261 g/mol. The number of anilines is 1. The van der Waals surface area contributed by atoms with Crippen LogP contribution in [-0.2, 0) is 6.30 Å². The molecule has 19 heavy (non-hydrogen) atoms. The van der Waals surface area contributed by atoms with Gasteiger partial charge in [-0.25, -0.2) is 4.98 Å². The van der Waals surface area contributed by atoms with Crippen LogP contribution < -0.4 is 10.1 Å². The van der Waals surface area contributed by atoms with Crippen LogP contribution in [0.15, 0.2) is 24.7 Å². The fourth-order valence-corrected chi connectivity index (χ4v) is 1.80. The molecule has 1 N–H and O–H groups in total. The molecule has 0 bridgehead atoms. The van der Waals surface area contributed by atoms with Gasteiger partial charge >= 0.3 is 6.30 Å². The number of nitrogens with zero attached hydrogens (tertiary/aromatic N) is 3. The first-order valence-corrected chi connectivity index (χ1v) is 5.53. The third-order valence-corrected chi connectivity index (χ3v) is 2.68. The lowest BCUT2D eigenvalue weighted by Crippen LogP contribution is -2.18. The molecule has 3 heterocycles. The van der Waals surface area contributed by atoms with Gasteiger partial charge in [-0.2, -0.15) is 9.78 Å². The summed E-state index contributed by atoms with van der Waals surface area (Å²) in [5, 5.41) is 6.36. The van der Waals surface area contributed by atoms with Gasteiger partial charge in [-0.05, 0) is 6.07 Å². The second kappa shape index (κ2) is 4.15. The van der Waals surface area contributed by atoms with Gasteiger partial charge < -0.3 is 10.1 Å². The van der Waals surface area contributed by atoms with E-state index in [0.717, 1.165) is 12.4 Å². The van der Waals surface area contributed by atoms with Gasteiger partial charge in [0.1, 0.15) is 6.61 Å². The highest BCUT2D eigenvalue weighted by Gasteiger charge is 2.31. The van der Waals surface area contributed by atoms with Gasteiger partial charge in [-0.3, -0.25) is 0 Å². The minimum atomic E-state index is -4.51. The fraction of sp³-hybridized carbons (Fsp3) is 0.273. The third-order valence-electron chi connectivity index (χ3n) is 2.68. The molecule has 0 atom stereocenters. The first-order valence-electron chi connectivity index (χ1n) is 5.53. The van der Waals surface area contributed by atoms with Crippen LogP contribution in [0.1, 0.15) is 0 Å². The van der Waals surface area contributed by atoms with Crippen molar-refractivity contribution in [2.45, 2.75) is 6.30 Å². The summed E-state index contributed by atoms with van der Waals surface area (Å²) >= 11 is 0. The zero-order valence-corrected chi connectivity index (χ0v) is 9.61. The molecule has 5 nitrogen and oxygen atoms in total. The molecule has 2 aromatic rings. The molecule has 0 radical (unpaired) electrons. The highest BCUT2D eigenvalue weighted by atomic mass is 19.4. The van der Waals surface area contributed by atoms with E-state index >= 15 is 0 Å². The maximum Gasteiger partial charge on any atom is 0.504 e. The van der Waals surface area contributed by atoms with E-state index < -0.39 is 6.30 Å². The van der Waals surface area contributed by atoms with Crippen LogP contribution in [0.2, 0.25) is 0 Å². The highest BCUT2D eigenvalue weighted by molar-refractivity contribution is 5.69. The summed E-state index contributed by atoms with van der Waals surface area (Å²) in [7, 11) is 0. The Labute approximate surface area is 106 Å². The molecule has 0 spiro atoms. The van der Waals surface area contributed by atoms with E-state index in [-0.39, 0.29) is 4.68 Å². The van der Waals surface area contributed by atoms with Gasteiger partial charge in [-0.15, -0.1) is 13.2 Å². The van der Waals surface area contributed by atoms with Crippen LogP contribution in [-0.4, -0.2) is 27.9 Å². The first kappa shape index (κ1) is 11.8. The van der Waals surface area contributed by atoms with Crippen molar-refractivity contribution in [1.82, 2.24) is 14.8 Å². The second-order valence-electron chi connectivity index (χ2n) is 3.99. The van der Waals surface area contributed by atoms with Crippen LogP contribution in [0.5, 0.6) is 5.88 Å². The van der Waals surface area contributed by atoms with E-state index in [1.165, 1.54) is 6.20 Å². The van der Waals surface area contributed by atoms with E-state index in [1.807, 2.05) is 0 Å². The van der Waals surface area contributed by atoms with Gasteiger partial charge in [-0.1, -0.05) is 0 Å². The number of nitrogens with one attached hydrogen (secondary N) is 1. The van der Waals surface area contributed by atoms with E-state index in [1.54, 1.807) is 6.07 Å². The molecule has 100 valence electrons. The normalized spacial score (nSPS) is 14.5. The fourth-order valence-electron chi connectivity index (χ4n) is 1.80. The number of aromatic nitrogens is 3. The van der Waals surface area contributed by atoms with E-state index in [9.17, 15) is 13.2 Å². The third kappa shape index (κ3) is 2.20. The predicted octanol–water partition coefficient (Wildman–Crippen LogP) is 2.23. The maximum absolute atomic E-state index is 12.4. The summed E-state index contributed by atoms with van der Waals surface area (Å²) in [4.78, 5) is 4.06. The number of halogens is 3. The quantitative estimate of drug-likeness (QED) is 0.863. The van der Waals surface area contributed by atoms with Crippen LogP contribution in [0.25, 0.3) is 11.1 Å². The van der Waals surface area contributed by atoms with Crippen LogP contribution in [0.4, 0.5) is 18.9 Å². The number of ether oxygens (including phenoxy) is 1. The Kier molecular flexibility index (Phi) is 2.58. The topological polar surface area (TPSA) is 52.0 Å². The zero-order valence-electron chi connectivity index (χ0n) is 9.61. The van der Waals surface area contributed by atoms with Gasteiger partial charge in [0, 0.05) is 30.1 Å². The smallest absolute Gasteiger partial charge is 0.474 e.